The summed E-state index contributed by atoms with van der Waals surface area (Å²) in [4.78, 5) is 13.9. The van der Waals surface area contributed by atoms with Gasteiger partial charge in [0.1, 0.15) is 0 Å². The molecular formula is C20H24N2O. The zero-order chi connectivity index (χ0) is 16.6. The highest BCUT2D eigenvalue weighted by atomic mass is 16.2. The van der Waals surface area contributed by atoms with Gasteiger partial charge < -0.3 is 10.2 Å². The van der Waals surface area contributed by atoms with Crippen molar-refractivity contribution in [3.05, 3.63) is 59.2 Å². The lowest BCUT2D eigenvalue weighted by Gasteiger charge is -2.39. The van der Waals surface area contributed by atoms with E-state index in [-0.39, 0.29) is 18.0 Å². The number of aryl methyl sites for hydroxylation is 2. The number of fused-ring (bicyclic) bond motifs is 1. The van der Waals surface area contributed by atoms with E-state index in [9.17, 15) is 4.79 Å². The van der Waals surface area contributed by atoms with Crippen molar-refractivity contribution in [2.45, 2.75) is 46.2 Å². The molecule has 3 rings (SSSR count). The van der Waals surface area contributed by atoms with Crippen LogP contribution in [0, 0.1) is 13.8 Å². The smallest absolute Gasteiger partial charge is 0.224 e. The molecule has 2 atom stereocenters. The molecule has 2 aromatic carbocycles. The molecule has 2 unspecified atom stereocenters. The number of amides is 1. The number of para-hydroxylation sites is 1. The molecule has 23 heavy (non-hydrogen) atoms. The van der Waals surface area contributed by atoms with Crippen LogP contribution in [0.5, 0.6) is 0 Å². The summed E-state index contributed by atoms with van der Waals surface area (Å²) >= 11 is 0. The monoisotopic (exact) mass is 308 g/mol. The lowest BCUT2D eigenvalue weighted by Crippen LogP contribution is -2.43. The van der Waals surface area contributed by atoms with Crippen molar-refractivity contribution < 1.29 is 4.79 Å². The van der Waals surface area contributed by atoms with Crippen LogP contribution in [0.4, 0.5) is 11.4 Å². The zero-order valence-electron chi connectivity index (χ0n) is 14.3. The molecule has 3 nitrogen and oxygen atoms in total. The van der Waals surface area contributed by atoms with Crippen LogP contribution in [0.1, 0.15) is 43.0 Å². The summed E-state index contributed by atoms with van der Waals surface area (Å²) < 4.78 is 0. The SMILES string of the molecule is CC(=O)N1c2ccccc2C(Nc2ccc(C)c(C)c2)CC1C. The summed E-state index contributed by atoms with van der Waals surface area (Å²) in [5.41, 5.74) is 5.95. The first-order chi connectivity index (χ1) is 11.0. The van der Waals surface area contributed by atoms with Crippen molar-refractivity contribution in [3.63, 3.8) is 0 Å². The Bertz CT molecular complexity index is 738. The third kappa shape index (κ3) is 2.96. The van der Waals surface area contributed by atoms with Gasteiger partial charge in [0.2, 0.25) is 5.91 Å². The molecular weight excluding hydrogens is 284 g/mol. The van der Waals surface area contributed by atoms with E-state index in [1.165, 1.54) is 16.7 Å². The van der Waals surface area contributed by atoms with E-state index in [0.29, 0.717) is 0 Å². The van der Waals surface area contributed by atoms with Crippen LogP contribution in [-0.4, -0.2) is 11.9 Å². The van der Waals surface area contributed by atoms with Crippen LogP contribution in [0.3, 0.4) is 0 Å². The first-order valence-electron chi connectivity index (χ1n) is 8.20. The second-order valence-corrected chi connectivity index (χ2v) is 6.53. The fraction of sp³-hybridized carbons (Fsp3) is 0.350. The van der Waals surface area contributed by atoms with E-state index in [1.807, 2.05) is 23.1 Å². The predicted octanol–water partition coefficient (Wildman–Crippen LogP) is 4.60. The summed E-state index contributed by atoms with van der Waals surface area (Å²) in [7, 11) is 0. The topological polar surface area (TPSA) is 32.3 Å². The Hall–Kier alpha value is -2.29. The van der Waals surface area contributed by atoms with Crippen LogP contribution in [-0.2, 0) is 4.79 Å². The summed E-state index contributed by atoms with van der Waals surface area (Å²) in [6.45, 7) is 8.02. The molecule has 0 bridgehead atoms. The Labute approximate surface area is 138 Å². The summed E-state index contributed by atoms with van der Waals surface area (Å²) in [6.07, 6.45) is 0.906. The van der Waals surface area contributed by atoms with Gasteiger partial charge in [-0.05, 0) is 62.1 Å². The van der Waals surface area contributed by atoms with Gasteiger partial charge in [0, 0.05) is 24.3 Å². The molecule has 0 spiro atoms. The van der Waals surface area contributed by atoms with Crippen LogP contribution >= 0.6 is 0 Å². The highest BCUT2D eigenvalue weighted by Gasteiger charge is 2.31. The average Bonchev–Trinajstić information content (AvgIpc) is 2.50. The average molecular weight is 308 g/mol. The minimum absolute atomic E-state index is 0.106. The van der Waals surface area contributed by atoms with Gasteiger partial charge in [-0.3, -0.25) is 4.79 Å². The Morgan fingerprint density at radius 3 is 2.57 bits per heavy atom. The third-order valence-electron chi connectivity index (χ3n) is 4.78. The van der Waals surface area contributed by atoms with Crippen LogP contribution in [0.25, 0.3) is 0 Å². The normalized spacial score (nSPS) is 20.1. The van der Waals surface area contributed by atoms with Gasteiger partial charge in [-0.2, -0.15) is 0 Å². The van der Waals surface area contributed by atoms with Gasteiger partial charge in [-0.15, -0.1) is 0 Å². The van der Waals surface area contributed by atoms with Crippen molar-refractivity contribution in [1.29, 1.82) is 0 Å². The number of nitrogens with one attached hydrogen (secondary N) is 1. The van der Waals surface area contributed by atoms with Crippen LogP contribution in [0.2, 0.25) is 0 Å². The predicted molar refractivity (Wildman–Crippen MR) is 96.0 cm³/mol. The molecule has 2 aromatic rings. The first-order valence-corrected chi connectivity index (χ1v) is 8.20. The number of nitrogens with zero attached hydrogens (tertiary/aromatic N) is 1. The van der Waals surface area contributed by atoms with E-state index in [2.05, 4.69) is 50.4 Å². The van der Waals surface area contributed by atoms with Gasteiger partial charge in [0.25, 0.3) is 0 Å². The summed E-state index contributed by atoms with van der Waals surface area (Å²) in [5.74, 6) is 0.106. The van der Waals surface area contributed by atoms with Gasteiger partial charge in [-0.1, -0.05) is 24.3 Å². The molecule has 1 aliphatic heterocycles. The van der Waals surface area contributed by atoms with Crippen molar-refractivity contribution in [3.8, 4) is 0 Å². The number of rotatable bonds is 2. The minimum atomic E-state index is 0.106. The first kappa shape index (κ1) is 15.6. The Morgan fingerprint density at radius 2 is 1.87 bits per heavy atom. The number of hydrogen-bond acceptors (Lipinski definition) is 2. The summed E-state index contributed by atoms with van der Waals surface area (Å²) in [6, 6.07) is 15.1. The zero-order valence-corrected chi connectivity index (χ0v) is 14.3. The van der Waals surface area contributed by atoms with Gasteiger partial charge >= 0.3 is 0 Å². The van der Waals surface area contributed by atoms with Gasteiger partial charge in [0.15, 0.2) is 0 Å². The maximum absolute atomic E-state index is 12.0. The van der Waals surface area contributed by atoms with E-state index in [0.717, 1.165) is 17.8 Å². The lowest BCUT2D eigenvalue weighted by atomic mass is 9.91. The quantitative estimate of drug-likeness (QED) is 0.879. The molecule has 1 amide bonds. The highest BCUT2D eigenvalue weighted by molar-refractivity contribution is 5.93. The van der Waals surface area contributed by atoms with Crippen molar-refractivity contribution in [1.82, 2.24) is 0 Å². The molecule has 0 aromatic heterocycles. The van der Waals surface area contributed by atoms with Crippen molar-refractivity contribution in [2.75, 3.05) is 10.2 Å². The molecule has 0 saturated carbocycles. The van der Waals surface area contributed by atoms with Crippen molar-refractivity contribution >= 4 is 17.3 Å². The maximum atomic E-state index is 12.0. The van der Waals surface area contributed by atoms with Gasteiger partial charge in [-0.25, -0.2) is 0 Å². The Balaban J connectivity index is 1.95. The molecule has 0 radical (unpaired) electrons. The van der Waals surface area contributed by atoms with Gasteiger partial charge in [0.05, 0.1) is 6.04 Å². The third-order valence-corrected chi connectivity index (χ3v) is 4.78. The van der Waals surface area contributed by atoms with E-state index >= 15 is 0 Å². The fourth-order valence-corrected chi connectivity index (χ4v) is 3.46. The van der Waals surface area contributed by atoms with E-state index in [4.69, 9.17) is 0 Å². The summed E-state index contributed by atoms with van der Waals surface area (Å²) in [5, 5.41) is 3.66. The standard InChI is InChI=1S/C20H24N2O/c1-13-9-10-17(11-14(13)2)21-19-12-15(3)22(16(4)23)20-8-6-5-7-18(19)20/h5-11,15,19,21H,12H2,1-4H3. The Kier molecular flexibility index (Phi) is 4.12. The molecule has 3 heteroatoms. The van der Waals surface area contributed by atoms with Crippen LogP contribution in [0.15, 0.2) is 42.5 Å². The second kappa shape index (κ2) is 6.07. The highest BCUT2D eigenvalue weighted by Crippen LogP contribution is 2.38. The molecule has 120 valence electrons. The number of anilines is 2. The molecule has 0 aliphatic carbocycles. The molecule has 1 heterocycles. The molecule has 1 aliphatic rings. The number of hydrogen-bond donors (Lipinski definition) is 1. The Morgan fingerprint density at radius 1 is 1.13 bits per heavy atom. The molecule has 1 N–H and O–H groups in total. The second-order valence-electron chi connectivity index (χ2n) is 6.53. The largest absolute Gasteiger partial charge is 0.378 e. The van der Waals surface area contributed by atoms with E-state index < -0.39 is 0 Å². The molecule has 0 saturated heterocycles. The maximum Gasteiger partial charge on any atom is 0.224 e. The number of carbonyl (C=O) groups excluding carboxylic acids is 1. The molecule has 0 fully saturated rings. The lowest BCUT2D eigenvalue weighted by molar-refractivity contribution is -0.117. The fourth-order valence-electron chi connectivity index (χ4n) is 3.46. The minimum Gasteiger partial charge on any atom is -0.378 e. The van der Waals surface area contributed by atoms with Crippen molar-refractivity contribution in [2.24, 2.45) is 0 Å². The van der Waals surface area contributed by atoms with Crippen LogP contribution < -0.4 is 10.2 Å². The number of carbonyl (C=O) groups is 1. The van der Waals surface area contributed by atoms with E-state index in [1.54, 1.807) is 6.92 Å². The number of benzene rings is 2.